The van der Waals surface area contributed by atoms with Crippen LogP contribution in [0.25, 0.3) is 27.8 Å². The second-order valence-corrected chi connectivity index (χ2v) is 7.98. The van der Waals surface area contributed by atoms with Gasteiger partial charge in [0, 0.05) is 31.2 Å². The van der Waals surface area contributed by atoms with Gasteiger partial charge in [0.15, 0.2) is 17.3 Å². The van der Waals surface area contributed by atoms with E-state index in [2.05, 4.69) is 25.5 Å². The monoisotopic (exact) mass is 465 g/mol. The number of H-pyrrole nitrogens is 1. The number of hydrogen-bond acceptors (Lipinski definition) is 5. The molecule has 0 aliphatic heterocycles. The lowest BCUT2D eigenvalue weighted by atomic mass is 9.97. The molecular formula is C20H16F5N7O. The summed E-state index contributed by atoms with van der Waals surface area (Å²) in [7, 11) is 2.85. The van der Waals surface area contributed by atoms with Crippen molar-refractivity contribution in [2.75, 3.05) is 24.3 Å². The molecular weight excluding hydrogens is 449 g/mol. The van der Waals surface area contributed by atoms with E-state index < -0.39 is 41.1 Å². The van der Waals surface area contributed by atoms with Gasteiger partial charge in [-0.25, -0.2) is 13.8 Å². The van der Waals surface area contributed by atoms with E-state index in [-0.39, 0.29) is 40.2 Å². The zero-order valence-electron chi connectivity index (χ0n) is 17.2. The average molecular weight is 465 g/mol. The zero-order chi connectivity index (χ0) is 23.7. The first kappa shape index (κ1) is 21.1. The Hall–Kier alpha value is -3.77. The first-order chi connectivity index (χ1) is 15.6. The highest BCUT2D eigenvalue weighted by molar-refractivity contribution is 6.02. The van der Waals surface area contributed by atoms with Crippen LogP contribution >= 0.6 is 0 Å². The van der Waals surface area contributed by atoms with Crippen molar-refractivity contribution in [1.82, 2.24) is 24.6 Å². The van der Waals surface area contributed by atoms with Crippen molar-refractivity contribution >= 4 is 34.0 Å². The van der Waals surface area contributed by atoms with E-state index in [1.165, 1.54) is 48.2 Å². The summed E-state index contributed by atoms with van der Waals surface area (Å²) in [6, 6.07) is 0. The number of aromatic nitrogens is 5. The number of fused-ring (bicyclic) bond motifs is 2. The number of halogens is 5. The molecule has 1 amide bonds. The van der Waals surface area contributed by atoms with Gasteiger partial charge >= 0.3 is 6.18 Å². The maximum atomic E-state index is 15.2. The predicted octanol–water partition coefficient (Wildman–Crippen LogP) is 3.79. The Balaban J connectivity index is 1.67. The third-order valence-electron chi connectivity index (χ3n) is 5.45. The molecule has 0 saturated heterocycles. The lowest BCUT2D eigenvalue weighted by Crippen LogP contribution is -2.18. The molecule has 0 unspecified atom stereocenters. The van der Waals surface area contributed by atoms with Gasteiger partial charge in [-0.1, -0.05) is 0 Å². The van der Waals surface area contributed by atoms with E-state index in [1.807, 2.05) is 0 Å². The van der Waals surface area contributed by atoms with E-state index in [0.29, 0.717) is 0 Å². The van der Waals surface area contributed by atoms with E-state index in [0.717, 1.165) is 0 Å². The number of imidazole rings is 1. The molecule has 3 aromatic heterocycles. The molecule has 33 heavy (non-hydrogen) atoms. The summed E-state index contributed by atoms with van der Waals surface area (Å²) in [4.78, 5) is 21.4. The molecule has 1 fully saturated rings. The molecule has 2 N–H and O–H groups in total. The molecule has 0 bridgehead atoms. The molecule has 1 saturated carbocycles. The van der Waals surface area contributed by atoms with Crippen LogP contribution in [0.3, 0.4) is 0 Å². The summed E-state index contributed by atoms with van der Waals surface area (Å²) in [5.74, 6) is -2.62. The Morgan fingerprint density at radius 1 is 1.27 bits per heavy atom. The van der Waals surface area contributed by atoms with E-state index in [9.17, 15) is 22.4 Å². The fraction of sp³-hybridized carbons (Fsp3) is 0.300. The molecule has 1 aliphatic carbocycles. The van der Waals surface area contributed by atoms with E-state index in [4.69, 9.17) is 0 Å². The third-order valence-corrected chi connectivity index (χ3v) is 5.45. The quantitative estimate of drug-likeness (QED) is 0.448. The van der Waals surface area contributed by atoms with Gasteiger partial charge in [0.05, 0.1) is 41.4 Å². The summed E-state index contributed by atoms with van der Waals surface area (Å²) >= 11 is 0. The number of anilines is 2. The van der Waals surface area contributed by atoms with E-state index in [1.54, 1.807) is 0 Å². The Kier molecular flexibility index (Phi) is 4.55. The average Bonchev–Trinajstić information content (AvgIpc) is 3.10. The number of alkyl halides is 4. The number of aromatic amines is 1. The van der Waals surface area contributed by atoms with Gasteiger partial charge < -0.3 is 14.6 Å². The molecule has 4 aromatic rings. The standard InChI is InChI=1S/C20H16F5N7O/c1-31(2)18-16(22)15(20(23,24)25)14(9-4-27-30-17(9)18)11-6-32-7-12(28-13(32)5-26-11)29-19(33)8-3-10(8)21/h4-8,10H,3H2,1-2H3,(H,27,30)(H,29,33)/t8-,10+/m1/s1. The van der Waals surface area contributed by atoms with Crippen molar-refractivity contribution in [1.29, 1.82) is 0 Å². The van der Waals surface area contributed by atoms with Crippen LogP contribution in [-0.4, -0.2) is 50.7 Å². The molecule has 2 atom stereocenters. The lowest BCUT2D eigenvalue weighted by Gasteiger charge is -2.21. The molecule has 172 valence electrons. The molecule has 0 spiro atoms. The number of rotatable bonds is 4. The van der Waals surface area contributed by atoms with Crippen LogP contribution in [0.4, 0.5) is 33.5 Å². The molecule has 13 heteroatoms. The maximum Gasteiger partial charge on any atom is 0.419 e. The van der Waals surface area contributed by atoms with Crippen LogP contribution in [0.15, 0.2) is 24.8 Å². The topological polar surface area (TPSA) is 91.2 Å². The van der Waals surface area contributed by atoms with Crippen molar-refractivity contribution in [2.45, 2.75) is 18.8 Å². The van der Waals surface area contributed by atoms with Crippen molar-refractivity contribution in [3.63, 3.8) is 0 Å². The highest BCUT2D eigenvalue weighted by atomic mass is 19.4. The minimum atomic E-state index is -5.02. The molecule has 8 nitrogen and oxygen atoms in total. The Morgan fingerprint density at radius 3 is 2.64 bits per heavy atom. The predicted molar refractivity (Wildman–Crippen MR) is 109 cm³/mol. The van der Waals surface area contributed by atoms with Crippen LogP contribution in [0.2, 0.25) is 0 Å². The van der Waals surface area contributed by atoms with Crippen LogP contribution < -0.4 is 10.2 Å². The van der Waals surface area contributed by atoms with Crippen molar-refractivity contribution in [3.05, 3.63) is 36.2 Å². The number of amides is 1. The fourth-order valence-electron chi connectivity index (χ4n) is 3.82. The Labute approximate surface area is 182 Å². The number of carbonyl (C=O) groups excluding carboxylic acids is 1. The van der Waals surface area contributed by atoms with Crippen molar-refractivity contribution in [2.24, 2.45) is 5.92 Å². The zero-order valence-corrected chi connectivity index (χ0v) is 17.2. The Morgan fingerprint density at radius 2 is 2.00 bits per heavy atom. The number of benzene rings is 1. The summed E-state index contributed by atoms with van der Waals surface area (Å²) in [5.41, 5.74) is -2.09. The van der Waals surface area contributed by atoms with Gasteiger partial charge in [-0.3, -0.25) is 14.9 Å². The first-order valence-electron chi connectivity index (χ1n) is 9.79. The highest BCUT2D eigenvalue weighted by Crippen LogP contribution is 2.46. The number of nitrogens with one attached hydrogen (secondary N) is 2. The van der Waals surface area contributed by atoms with Gasteiger partial charge in [0.2, 0.25) is 5.91 Å². The minimum absolute atomic E-state index is 0.0376. The maximum absolute atomic E-state index is 15.2. The summed E-state index contributed by atoms with van der Waals surface area (Å²) < 4.78 is 71.8. The normalized spacial score (nSPS) is 18.2. The lowest BCUT2D eigenvalue weighted by molar-refractivity contribution is -0.139. The van der Waals surface area contributed by atoms with Gasteiger partial charge in [0.25, 0.3) is 0 Å². The van der Waals surface area contributed by atoms with Gasteiger partial charge in [-0.15, -0.1) is 0 Å². The van der Waals surface area contributed by atoms with Gasteiger partial charge in [-0.2, -0.15) is 18.3 Å². The van der Waals surface area contributed by atoms with Crippen LogP contribution in [-0.2, 0) is 11.0 Å². The van der Waals surface area contributed by atoms with Crippen LogP contribution in [0, 0.1) is 11.7 Å². The summed E-state index contributed by atoms with van der Waals surface area (Å²) in [6.07, 6.45) is -1.08. The smallest absolute Gasteiger partial charge is 0.374 e. The van der Waals surface area contributed by atoms with Crippen LogP contribution in [0.1, 0.15) is 12.0 Å². The molecule has 0 radical (unpaired) electrons. The first-order valence-corrected chi connectivity index (χ1v) is 9.79. The summed E-state index contributed by atoms with van der Waals surface area (Å²) in [6.45, 7) is 0. The second-order valence-electron chi connectivity index (χ2n) is 7.98. The second kappa shape index (κ2) is 7.12. The summed E-state index contributed by atoms with van der Waals surface area (Å²) in [5, 5.41) is 8.88. The number of hydrogen-bond donors (Lipinski definition) is 2. The molecule has 1 aliphatic rings. The highest BCUT2D eigenvalue weighted by Gasteiger charge is 2.44. The van der Waals surface area contributed by atoms with Crippen molar-refractivity contribution < 1.29 is 26.7 Å². The number of nitrogens with zero attached hydrogens (tertiary/aromatic N) is 5. The molecule has 3 heterocycles. The minimum Gasteiger partial charge on any atom is -0.374 e. The molecule has 5 rings (SSSR count). The van der Waals surface area contributed by atoms with E-state index >= 15 is 4.39 Å². The third kappa shape index (κ3) is 3.43. The molecule has 1 aromatic carbocycles. The SMILES string of the molecule is CN(C)c1c(F)c(C(F)(F)F)c(-c2cn3cc(NC(=O)[C@@H]4C[C@@H]4F)nc3cn2)c2cn[nH]c12. The van der Waals surface area contributed by atoms with Crippen LogP contribution in [0.5, 0.6) is 0 Å². The van der Waals surface area contributed by atoms with Gasteiger partial charge in [-0.05, 0) is 6.42 Å². The largest absolute Gasteiger partial charge is 0.419 e. The van der Waals surface area contributed by atoms with Crippen molar-refractivity contribution in [3.8, 4) is 11.3 Å². The fourth-order valence-corrected chi connectivity index (χ4v) is 3.82. The Bertz CT molecular complexity index is 1410. The van der Waals surface area contributed by atoms with Gasteiger partial charge in [0.1, 0.15) is 11.7 Å². The number of carbonyl (C=O) groups is 1.